The van der Waals surface area contributed by atoms with E-state index < -0.39 is 34.5 Å². The minimum Gasteiger partial charge on any atom is -0.478 e. The fourth-order valence-electron chi connectivity index (χ4n) is 2.45. The Bertz CT molecular complexity index is 958. The molecule has 4 nitrogen and oxygen atoms in total. The zero-order valence-corrected chi connectivity index (χ0v) is 11.5. The van der Waals surface area contributed by atoms with Gasteiger partial charge in [-0.3, -0.25) is 0 Å². The van der Waals surface area contributed by atoms with Gasteiger partial charge >= 0.3 is 5.97 Å². The summed E-state index contributed by atoms with van der Waals surface area (Å²) in [5.74, 6) is -6.31. The first kappa shape index (κ1) is 14.8. The Morgan fingerprint density at radius 2 is 1.74 bits per heavy atom. The second-order valence-electron chi connectivity index (χ2n) is 4.79. The third kappa shape index (κ3) is 2.26. The maximum absolute atomic E-state index is 14.2. The smallest absolute Gasteiger partial charge is 0.340 e. The lowest BCUT2D eigenvalue weighted by atomic mass is 9.95. The molecule has 0 saturated heterocycles. The molecule has 2 aromatic carbocycles. The van der Waals surface area contributed by atoms with Gasteiger partial charge in [0.15, 0.2) is 17.5 Å². The highest BCUT2D eigenvalue weighted by Gasteiger charge is 2.24. The summed E-state index contributed by atoms with van der Waals surface area (Å²) in [6.45, 7) is 0. The summed E-state index contributed by atoms with van der Waals surface area (Å²) in [5.41, 5.74) is 4.97. The van der Waals surface area contributed by atoms with Crippen LogP contribution in [0.3, 0.4) is 0 Å². The molecule has 3 rings (SSSR count). The van der Waals surface area contributed by atoms with Crippen LogP contribution < -0.4 is 5.73 Å². The van der Waals surface area contributed by atoms with E-state index in [4.69, 9.17) is 5.73 Å². The molecule has 0 radical (unpaired) electrons. The van der Waals surface area contributed by atoms with Gasteiger partial charge < -0.3 is 10.8 Å². The van der Waals surface area contributed by atoms with Crippen molar-refractivity contribution in [1.82, 2.24) is 4.98 Å². The van der Waals surface area contributed by atoms with E-state index in [1.165, 1.54) is 6.07 Å². The molecular formula is C16H9F3N2O2. The molecule has 1 aromatic heterocycles. The maximum Gasteiger partial charge on any atom is 0.340 e. The van der Waals surface area contributed by atoms with Crippen LogP contribution in [0.5, 0.6) is 0 Å². The summed E-state index contributed by atoms with van der Waals surface area (Å²) in [6, 6.07) is 7.99. The average Bonchev–Trinajstić information content (AvgIpc) is 2.51. The summed E-state index contributed by atoms with van der Waals surface area (Å²) < 4.78 is 40.9. The van der Waals surface area contributed by atoms with E-state index in [0.29, 0.717) is 5.52 Å². The molecule has 0 amide bonds. The van der Waals surface area contributed by atoms with Crippen LogP contribution in [-0.2, 0) is 0 Å². The fraction of sp³-hybridized carbons (Fsp3) is 0. The molecule has 0 spiro atoms. The third-order valence-corrected chi connectivity index (χ3v) is 3.44. The number of aromatic carboxylic acids is 1. The number of hydrogen-bond acceptors (Lipinski definition) is 3. The largest absolute Gasteiger partial charge is 0.478 e. The predicted molar refractivity (Wildman–Crippen MR) is 78.4 cm³/mol. The topological polar surface area (TPSA) is 76.2 Å². The molecule has 0 fully saturated rings. The van der Waals surface area contributed by atoms with Crippen molar-refractivity contribution in [2.75, 3.05) is 5.73 Å². The van der Waals surface area contributed by atoms with Crippen molar-refractivity contribution in [3.8, 4) is 11.1 Å². The first-order valence-electron chi connectivity index (χ1n) is 6.47. The summed E-state index contributed by atoms with van der Waals surface area (Å²) in [7, 11) is 0. The van der Waals surface area contributed by atoms with Gasteiger partial charge in [-0.05, 0) is 18.2 Å². The van der Waals surface area contributed by atoms with E-state index >= 15 is 0 Å². The average molecular weight is 318 g/mol. The van der Waals surface area contributed by atoms with E-state index in [0.717, 1.165) is 12.1 Å². The molecule has 7 heteroatoms. The zero-order valence-electron chi connectivity index (χ0n) is 11.5. The molecule has 0 unspecified atom stereocenters. The second-order valence-corrected chi connectivity index (χ2v) is 4.79. The summed E-state index contributed by atoms with van der Waals surface area (Å²) >= 11 is 0. The number of aromatic nitrogens is 1. The van der Waals surface area contributed by atoms with E-state index in [9.17, 15) is 23.1 Å². The van der Waals surface area contributed by atoms with Gasteiger partial charge in [0.25, 0.3) is 0 Å². The van der Waals surface area contributed by atoms with Crippen molar-refractivity contribution in [3.05, 3.63) is 59.4 Å². The summed E-state index contributed by atoms with van der Waals surface area (Å²) in [4.78, 5) is 15.5. The molecule has 0 aliphatic carbocycles. The molecule has 3 N–H and O–H groups in total. The number of hydrogen-bond donors (Lipinski definition) is 2. The molecule has 0 saturated carbocycles. The van der Waals surface area contributed by atoms with Crippen molar-refractivity contribution in [1.29, 1.82) is 0 Å². The number of nitrogen functional groups attached to an aromatic ring is 1. The van der Waals surface area contributed by atoms with Crippen molar-refractivity contribution in [2.24, 2.45) is 0 Å². The number of carboxylic acids is 1. The number of anilines is 1. The Kier molecular flexibility index (Phi) is 3.40. The van der Waals surface area contributed by atoms with Gasteiger partial charge in [0, 0.05) is 16.5 Å². The van der Waals surface area contributed by atoms with Gasteiger partial charge in [-0.25, -0.2) is 22.9 Å². The van der Waals surface area contributed by atoms with Crippen LogP contribution in [0.25, 0.3) is 22.0 Å². The number of benzene rings is 2. The van der Waals surface area contributed by atoms with Gasteiger partial charge in [-0.1, -0.05) is 18.2 Å². The molecule has 0 atom stereocenters. The first-order valence-corrected chi connectivity index (χ1v) is 6.47. The number of nitrogens with zero attached hydrogens (tertiary/aromatic N) is 1. The Labute approximate surface area is 128 Å². The predicted octanol–water partition coefficient (Wildman–Crippen LogP) is 3.60. The van der Waals surface area contributed by atoms with E-state index in [2.05, 4.69) is 4.98 Å². The standard InChI is InChI=1S/C16H9F3N2O2/c17-9-6-5-8(13(18)14(9)19)11-7-3-1-2-4-10(7)21-15(20)12(11)16(22)23/h1-6H,(H2,20,21)(H,22,23). The fourth-order valence-corrected chi connectivity index (χ4v) is 2.45. The number of halogens is 3. The van der Waals surface area contributed by atoms with Gasteiger partial charge in [0.05, 0.1) is 5.52 Å². The highest BCUT2D eigenvalue weighted by atomic mass is 19.2. The first-order chi connectivity index (χ1) is 10.9. The Balaban J connectivity index is 2.52. The number of pyridine rings is 1. The van der Waals surface area contributed by atoms with Crippen LogP contribution in [0.4, 0.5) is 19.0 Å². The number of para-hydroxylation sites is 1. The quantitative estimate of drug-likeness (QED) is 0.708. The molecule has 0 aliphatic heterocycles. The molecule has 3 aromatic rings. The van der Waals surface area contributed by atoms with Crippen molar-refractivity contribution < 1.29 is 23.1 Å². The van der Waals surface area contributed by atoms with Crippen molar-refractivity contribution in [2.45, 2.75) is 0 Å². The number of carboxylic acid groups (broad SMARTS) is 1. The molecule has 0 aliphatic rings. The van der Waals surface area contributed by atoms with Crippen LogP contribution in [0, 0.1) is 17.5 Å². The van der Waals surface area contributed by atoms with Crippen LogP contribution in [-0.4, -0.2) is 16.1 Å². The van der Waals surface area contributed by atoms with Crippen molar-refractivity contribution >= 4 is 22.7 Å². The van der Waals surface area contributed by atoms with Gasteiger partial charge in [0.1, 0.15) is 11.4 Å². The van der Waals surface area contributed by atoms with Crippen LogP contribution in [0.2, 0.25) is 0 Å². The Morgan fingerprint density at radius 1 is 1.04 bits per heavy atom. The summed E-state index contributed by atoms with van der Waals surface area (Å²) in [5, 5.41) is 9.64. The zero-order chi connectivity index (χ0) is 16.7. The number of fused-ring (bicyclic) bond motifs is 1. The molecule has 23 heavy (non-hydrogen) atoms. The second kappa shape index (κ2) is 5.28. The van der Waals surface area contributed by atoms with Crippen LogP contribution in [0.1, 0.15) is 10.4 Å². The van der Waals surface area contributed by atoms with E-state index in [1.807, 2.05) is 0 Å². The van der Waals surface area contributed by atoms with Gasteiger partial charge in [-0.2, -0.15) is 0 Å². The molecule has 116 valence electrons. The minimum atomic E-state index is -1.68. The van der Waals surface area contributed by atoms with Crippen LogP contribution >= 0.6 is 0 Å². The number of rotatable bonds is 2. The van der Waals surface area contributed by atoms with Gasteiger partial charge in [0.2, 0.25) is 0 Å². The monoisotopic (exact) mass is 318 g/mol. The Hall–Kier alpha value is -3.09. The SMILES string of the molecule is Nc1nc2ccccc2c(-c2ccc(F)c(F)c2F)c1C(=O)O. The Morgan fingerprint density at radius 3 is 2.43 bits per heavy atom. The molecule has 0 bridgehead atoms. The highest BCUT2D eigenvalue weighted by molar-refractivity contribution is 6.09. The third-order valence-electron chi connectivity index (χ3n) is 3.44. The lowest BCUT2D eigenvalue weighted by Crippen LogP contribution is -2.09. The summed E-state index contributed by atoms with van der Waals surface area (Å²) in [6.07, 6.45) is 0. The lowest BCUT2D eigenvalue weighted by Gasteiger charge is -2.13. The molecular weight excluding hydrogens is 309 g/mol. The lowest BCUT2D eigenvalue weighted by molar-refractivity contribution is 0.0698. The number of carbonyl (C=O) groups is 1. The van der Waals surface area contributed by atoms with E-state index in [1.54, 1.807) is 18.2 Å². The van der Waals surface area contributed by atoms with Crippen LogP contribution in [0.15, 0.2) is 36.4 Å². The molecule has 1 heterocycles. The maximum atomic E-state index is 14.2. The van der Waals surface area contributed by atoms with E-state index in [-0.39, 0.29) is 16.8 Å². The van der Waals surface area contributed by atoms with Gasteiger partial charge in [-0.15, -0.1) is 0 Å². The minimum absolute atomic E-state index is 0.142. The number of nitrogens with two attached hydrogens (primary N) is 1. The van der Waals surface area contributed by atoms with Crippen molar-refractivity contribution in [3.63, 3.8) is 0 Å². The normalized spacial score (nSPS) is 10.9. The highest BCUT2D eigenvalue weighted by Crippen LogP contribution is 2.36.